The molecule has 0 aliphatic rings. The Labute approximate surface area is 202 Å². The molecule has 3 nitrogen and oxygen atoms in total. The van der Waals surface area contributed by atoms with E-state index in [0.29, 0.717) is 0 Å². The molecular weight excluding hydrogens is 420 g/mol. The summed E-state index contributed by atoms with van der Waals surface area (Å²) < 4.78 is 16.4. The van der Waals surface area contributed by atoms with Crippen molar-refractivity contribution >= 4 is 21.4 Å². The van der Waals surface area contributed by atoms with Gasteiger partial charge in [-0.25, -0.2) is 0 Å². The first-order valence-corrected chi connectivity index (χ1v) is 16.1. The third kappa shape index (κ3) is 20.8. The Morgan fingerprint density at radius 1 is 0.387 bits per heavy atom. The maximum atomic E-state index is 5.48. The Bertz CT molecular complexity index is 332. The average molecular weight is 477 g/mol. The SMILES string of the molecule is CO[Si](CCCCCCCCCCCCCCCCCCCCCCCS)(OC)OC. The molecule has 0 radical (unpaired) electrons. The lowest BCUT2D eigenvalue weighted by Gasteiger charge is -2.24. The van der Waals surface area contributed by atoms with E-state index in [1.165, 1.54) is 128 Å². The van der Waals surface area contributed by atoms with E-state index in [1.54, 1.807) is 21.3 Å². The van der Waals surface area contributed by atoms with Crippen LogP contribution in [-0.4, -0.2) is 35.9 Å². The molecule has 0 atom stereocenters. The third-order valence-electron chi connectivity index (χ3n) is 6.57. The number of hydrogen-bond donors (Lipinski definition) is 1. The third-order valence-corrected chi connectivity index (χ3v) is 9.72. The van der Waals surface area contributed by atoms with E-state index in [2.05, 4.69) is 12.6 Å². The molecule has 0 aromatic carbocycles. The van der Waals surface area contributed by atoms with Gasteiger partial charge in [-0.3, -0.25) is 0 Å². The zero-order valence-electron chi connectivity index (χ0n) is 21.4. The van der Waals surface area contributed by atoms with Crippen molar-refractivity contribution in [3.8, 4) is 0 Å². The van der Waals surface area contributed by atoms with E-state index in [0.717, 1.165) is 18.2 Å². The van der Waals surface area contributed by atoms with Gasteiger partial charge in [0.05, 0.1) is 0 Å². The molecule has 0 bridgehead atoms. The quantitative estimate of drug-likeness (QED) is 0.0766. The topological polar surface area (TPSA) is 27.7 Å². The number of hydrogen-bond acceptors (Lipinski definition) is 4. The highest BCUT2D eigenvalue weighted by atomic mass is 32.1. The standard InChI is InChI=1S/C26H56O3SSi/c1-27-31(28-2,29-3)26-24-22-20-18-16-14-12-10-8-6-4-5-7-9-11-13-15-17-19-21-23-25-30/h30H,4-26H2,1-3H3. The number of thiol groups is 1. The fraction of sp³-hybridized carbons (Fsp3) is 1.00. The van der Waals surface area contributed by atoms with Gasteiger partial charge in [0, 0.05) is 27.4 Å². The molecule has 0 fully saturated rings. The highest BCUT2D eigenvalue weighted by molar-refractivity contribution is 7.80. The van der Waals surface area contributed by atoms with Crippen LogP contribution in [0.5, 0.6) is 0 Å². The van der Waals surface area contributed by atoms with Gasteiger partial charge in [0.15, 0.2) is 0 Å². The van der Waals surface area contributed by atoms with Gasteiger partial charge in [0.2, 0.25) is 0 Å². The average Bonchev–Trinajstić information content (AvgIpc) is 2.80. The van der Waals surface area contributed by atoms with Gasteiger partial charge in [-0.15, -0.1) is 0 Å². The van der Waals surface area contributed by atoms with Crippen LogP contribution in [0, 0.1) is 0 Å². The van der Waals surface area contributed by atoms with Crippen LogP contribution in [0.4, 0.5) is 0 Å². The minimum atomic E-state index is -2.34. The van der Waals surface area contributed by atoms with Crippen LogP contribution in [0.2, 0.25) is 6.04 Å². The van der Waals surface area contributed by atoms with Gasteiger partial charge in [-0.1, -0.05) is 122 Å². The molecule has 0 saturated carbocycles. The summed E-state index contributed by atoms with van der Waals surface area (Å²) >= 11 is 4.27. The molecule has 0 rings (SSSR count). The van der Waals surface area contributed by atoms with Gasteiger partial charge in [0.1, 0.15) is 0 Å². The molecule has 0 saturated heterocycles. The summed E-state index contributed by atoms with van der Waals surface area (Å²) in [5.74, 6) is 1.06. The van der Waals surface area contributed by atoms with Crippen molar-refractivity contribution in [2.75, 3.05) is 27.1 Å². The lowest BCUT2D eigenvalue weighted by atomic mass is 10.0. The van der Waals surface area contributed by atoms with Crippen molar-refractivity contribution in [1.29, 1.82) is 0 Å². The van der Waals surface area contributed by atoms with Gasteiger partial charge in [-0.05, 0) is 18.6 Å². The largest absolute Gasteiger partial charge is 0.500 e. The van der Waals surface area contributed by atoms with Crippen LogP contribution in [0.3, 0.4) is 0 Å². The Balaban J connectivity index is 3.16. The molecular formula is C26H56O3SSi. The molecule has 188 valence electrons. The molecule has 0 amide bonds. The fourth-order valence-electron chi connectivity index (χ4n) is 4.37. The molecule has 0 N–H and O–H groups in total. The van der Waals surface area contributed by atoms with Crippen molar-refractivity contribution in [3.63, 3.8) is 0 Å². The van der Waals surface area contributed by atoms with Crippen molar-refractivity contribution in [1.82, 2.24) is 0 Å². The molecule has 31 heavy (non-hydrogen) atoms. The second kappa shape index (κ2) is 25.1. The van der Waals surface area contributed by atoms with Crippen molar-refractivity contribution in [2.24, 2.45) is 0 Å². The van der Waals surface area contributed by atoms with Crippen molar-refractivity contribution in [3.05, 3.63) is 0 Å². The molecule has 0 aliphatic carbocycles. The minimum absolute atomic E-state index is 0.938. The summed E-state index contributed by atoms with van der Waals surface area (Å²) in [6, 6.07) is 0.938. The van der Waals surface area contributed by atoms with Crippen molar-refractivity contribution < 1.29 is 13.3 Å². The summed E-state index contributed by atoms with van der Waals surface area (Å²) in [5, 5.41) is 0. The first-order valence-electron chi connectivity index (χ1n) is 13.5. The van der Waals surface area contributed by atoms with Gasteiger partial charge >= 0.3 is 8.80 Å². The summed E-state index contributed by atoms with van der Waals surface area (Å²) in [6.07, 6.45) is 29.4. The van der Waals surface area contributed by atoms with E-state index in [-0.39, 0.29) is 0 Å². The Morgan fingerprint density at radius 3 is 0.839 bits per heavy atom. The van der Waals surface area contributed by atoms with Crippen molar-refractivity contribution in [2.45, 2.75) is 141 Å². The minimum Gasteiger partial charge on any atom is -0.377 e. The summed E-state index contributed by atoms with van der Waals surface area (Å²) in [5.41, 5.74) is 0. The van der Waals surface area contributed by atoms with Crippen LogP contribution in [0.15, 0.2) is 0 Å². The summed E-state index contributed by atoms with van der Waals surface area (Å²) in [6.45, 7) is 0. The van der Waals surface area contributed by atoms with Crippen LogP contribution >= 0.6 is 12.6 Å². The Kier molecular flexibility index (Phi) is 25.4. The van der Waals surface area contributed by atoms with Gasteiger partial charge < -0.3 is 13.3 Å². The zero-order chi connectivity index (χ0) is 22.9. The summed E-state index contributed by atoms with van der Waals surface area (Å²) in [4.78, 5) is 0. The predicted octanol–water partition coefficient (Wildman–Crippen LogP) is 8.99. The Hall–Kier alpha value is 0.447. The molecule has 5 heteroatoms. The van der Waals surface area contributed by atoms with E-state index in [4.69, 9.17) is 13.3 Å². The molecule has 0 aliphatic heterocycles. The van der Waals surface area contributed by atoms with Crippen LogP contribution in [-0.2, 0) is 13.3 Å². The summed E-state index contributed by atoms with van der Waals surface area (Å²) in [7, 11) is 2.78. The maximum absolute atomic E-state index is 5.48. The van der Waals surface area contributed by atoms with E-state index in [1.807, 2.05) is 0 Å². The molecule has 0 aromatic rings. The van der Waals surface area contributed by atoms with E-state index in [9.17, 15) is 0 Å². The molecule has 0 spiro atoms. The second-order valence-corrected chi connectivity index (χ2v) is 12.7. The molecule has 0 aromatic heterocycles. The highest BCUT2D eigenvalue weighted by Gasteiger charge is 2.36. The normalized spacial score (nSPS) is 12.0. The zero-order valence-corrected chi connectivity index (χ0v) is 23.3. The van der Waals surface area contributed by atoms with E-state index >= 15 is 0 Å². The first-order chi connectivity index (χ1) is 15.2. The van der Waals surface area contributed by atoms with Crippen LogP contribution in [0.1, 0.15) is 135 Å². The highest BCUT2D eigenvalue weighted by Crippen LogP contribution is 2.19. The van der Waals surface area contributed by atoms with Gasteiger partial charge in [0.25, 0.3) is 0 Å². The smallest absolute Gasteiger partial charge is 0.377 e. The van der Waals surface area contributed by atoms with E-state index < -0.39 is 8.80 Å². The van der Waals surface area contributed by atoms with Gasteiger partial charge in [-0.2, -0.15) is 12.6 Å². The lowest BCUT2D eigenvalue weighted by Crippen LogP contribution is -2.42. The maximum Gasteiger partial charge on any atom is 0.500 e. The van der Waals surface area contributed by atoms with Crippen LogP contribution < -0.4 is 0 Å². The molecule has 0 unspecified atom stereocenters. The second-order valence-electron chi connectivity index (χ2n) is 9.19. The monoisotopic (exact) mass is 476 g/mol. The Morgan fingerprint density at radius 2 is 0.613 bits per heavy atom. The van der Waals surface area contributed by atoms with Crippen LogP contribution in [0.25, 0.3) is 0 Å². The first kappa shape index (κ1) is 31.4. The molecule has 0 heterocycles. The number of rotatable bonds is 26. The predicted molar refractivity (Wildman–Crippen MR) is 142 cm³/mol. The number of unbranched alkanes of at least 4 members (excludes halogenated alkanes) is 20. The lowest BCUT2D eigenvalue weighted by molar-refractivity contribution is 0.122. The fourth-order valence-corrected chi connectivity index (χ4v) is 6.39.